The van der Waals surface area contributed by atoms with Crippen molar-refractivity contribution in [1.29, 1.82) is 0 Å². The fourth-order valence-electron chi connectivity index (χ4n) is 2.58. The van der Waals surface area contributed by atoms with Gasteiger partial charge < -0.3 is 5.73 Å². The SMILES string of the molecule is CCCCCCCC(C)(N)c1cc(C)ccc1C. The second-order valence-corrected chi connectivity index (χ2v) is 5.90. The maximum atomic E-state index is 6.52. The Balaban J connectivity index is 2.59. The van der Waals surface area contributed by atoms with Gasteiger partial charge in [-0.15, -0.1) is 0 Å². The van der Waals surface area contributed by atoms with Crippen LogP contribution in [0, 0.1) is 13.8 Å². The van der Waals surface area contributed by atoms with E-state index in [2.05, 4.69) is 45.9 Å². The van der Waals surface area contributed by atoms with Gasteiger partial charge in [-0.25, -0.2) is 0 Å². The lowest BCUT2D eigenvalue weighted by molar-refractivity contribution is 0.420. The van der Waals surface area contributed by atoms with E-state index in [4.69, 9.17) is 5.73 Å². The molecule has 1 rings (SSSR count). The van der Waals surface area contributed by atoms with Gasteiger partial charge in [0.15, 0.2) is 0 Å². The summed E-state index contributed by atoms with van der Waals surface area (Å²) in [6.07, 6.45) is 7.63. The molecule has 18 heavy (non-hydrogen) atoms. The first-order valence-electron chi connectivity index (χ1n) is 7.34. The Morgan fingerprint density at radius 3 is 2.39 bits per heavy atom. The van der Waals surface area contributed by atoms with Crippen molar-refractivity contribution in [1.82, 2.24) is 0 Å². The van der Waals surface area contributed by atoms with E-state index in [9.17, 15) is 0 Å². The molecule has 0 aliphatic heterocycles. The molecule has 0 aliphatic carbocycles. The van der Waals surface area contributed by atoms with Crippen molar-refractivity contribution >= 4 is 0 Å². The van der Waals surface area contributed by atoms with Crippen LogP contribution in [0.2, 0.25) is 0 Å². The molecule has 2 N–H and O–H groups in total. The van der Waals surface area contributed by atoms with Crippen LogP contribution >= 0.6 is 0 Å². The van der Waals surface area contributed by atoms with Crippen molar-refractivity contribution in [3.8, 4) is 0 Å². The molecule has 0 spiro atoms. The van der Waals surface area contributed by atoms with Crippen molar-refractivity contribution in [2.24, 2.45) is 5.73 Å². The van der Waals surface area contributed by atoms with Crippen molar-refractivity contribution in [2.75, 3.05) is 0 Å². The van der Waals surface area contributed by atoms with E-state index in [0.29, 0.717) is 0 Å². The summed E-state index contributed by atoms with van der Waals surface area (Å²) in [5, 5.41) is 0. The summed E-state index contributed by atoms with van der Waals surface area (Å²) in [6, 6.07) is 6.60. The van der Waals surface area contributed by atoms with E-state index >= 15 is 0 Å². The number of nitrogens with two attached hydrogens (primary N) is 1. The van der Waals surface area contributed by atoms with E-state index in [1.165, 1.54) is 48.8 Å². The molecule has 0 bridgehead atoms. The zero-order valence-corrected chi connectivity index (χ0v) is 12.6. The first-order chi connectivity index (χ1) is 8.47. The Hall–Kier alpha value is -0.820. The minimum Gasteiger partial charge on any atom is -0.322 e. The normalized spacial score (nSPS) is 14.5. The maximum absolute atomic E-state index is 6.52. The second kappa shape index (κ2) is 6.94. The van der Waals surface area contributed by atoms with Gasteiger partial charge in [0.2, 0.25) is 0 Å². The minimum atomic E-state index is -0.178. The first kappa shape index (κ1) is 15.2. The van der Waals surface area contributed by atoms with Crippen LogP contribution < -0.4 is 5.73 Å². The number of rotatable bonds is 7. The van der Waals surface area contributed by atoms with Gasteiger partial charge in [0.1, 0.15) is 0 Å². The summed E-state index contributed by atoms with van der Waals surface area (Å²) in [5.41, 5.74) is 10.3. The molecule has 0 amide bonds. The Bertz CT molecular complexity index is 366. The molecule has 102 valence electrons. The van der Waals surface area contributed by atoms with Gasteiger partial charge in [-0.2, -0.15) is 0 Å². The molecule has 1 aromatic carbocycles. The van der Waals surface area contributed by atoms with E-state index in [0.717, 1.165) is 6.42 Å². The predicted molar refractivity (Wildman–Crippen MR) is 80.8 cm³/mol. The third-order valence-corrected chi connectivity index (χ3v) is 3.81. The molecule has 1 aromatic rings. The molecule has 0 fully saturated rings. The quantitative estimate of drug-likeness (QED) is 0.686. The fourth-order valence-corrected chi connectivity index (χ4v) is 2.58. The van der Waals surface area contributed by atoms with Crippen molar-refractivity contribution < 1.29 is 0 Å². The summed E-state index contributed by atoms with van der Waals surface area (Å²) in [4.78, 5) is 0. The van der Waals surface area contributed by atoms with Crippen LogP contribution in [0.25, 0.3) is 0 Å². The topological polar surface area (TPSA) is 26.0 Å². The molecule has 0 radical (unpaired) electrons. The summed E-state index contributed by atoms with van der Waals surface area (Å²) in [6.45, 7) is 8.73. The molecule has 1 heteroatoms. The number of benzene rings is 1. The van der Waals surface area contributed by atoms with Crippen molar-refractivity contribution in [3.63, 3.8) is 0 Å². The Morgan fingerprint density at radius 2 is 1.72 bits per heavy atom. The summed E-state index contributed by atoms with van der Waals surface area (Å²) in [5.74, 6) is 0. The summed E-state index contributed by atoms with van der Waals surface area (Å²) >= 11 is 0. The second-order valence-electron chi connectivity index (χ2n) is 5.90. The van der Waals surface area contributed by atoms with Crippen LogP contribution in [0.15, 0.2) is 18.2 Å². The number of hydrogen-bond donors (Lipinski definition) is 1. The standard InChI is InChI=1S/C17H29N/c1-5-6-7-8-9-12-17(4,18)16-13-14(2)10-11-15(16)3/h10-11,13H,5-9,12,18H2,1-4H3. The van der Waals surface area contributed by atoms with Gasteiger partial charge in [-0.05, 0) is 38.3 Å². The highest BCUT2D eigenvalue weighted by molar-refractivity contribution is 5.35. The van der Waals surface area contributed by atoms with Gasteiger partial charge in [0.05, 0.1) is 0 Å². The molecule has 1 unspecified atom stereocenters. The van der Waals surface area contributed by atoms with Crippen LogP contribution in [0.4, 0.5) is 0 Å². The van der Waals surface area contributed by atoms with Crippen LogP contribution in [0.1, 0.15) is 69.1 Å². The zero-order valence-electron chi connectivity index (χ0n) is 12.6. The van der Waals surface area contributed by atoms with Crippen LogP contribution in [-0.2, 0) is 5.54 Å². The van der Waals surface area contributed by atoms with E-state index in [1.807, 2.05) is 0 Å². The van der Waals surface area contributed by atoms with Gasteiger partial charge in [0.25, 0.3) is 0 Å². The molecular weight excluding hydrogens is 218 g/mol. The lowest BCUT2D eigenvalue weighted by atomic mass is 9.84. The van der Waals surface area contributed by atoms with E-state index in [1.54, 1.807) is 0 Å². The molecule has 1 nitrogen and oxygen atoms in total. The Morgan fingerprint density at radius 1 is 1.06 bits per heavy atom. The van der Waals surface area contributed by atoms with E-state index < -0.39 is 0 Å². The van der Waals surface area contributed by atoms with Crippen LogP contribution in [0.3, 0.4) is 0 Å². The zero-order chi connectivity index (χ0) is 13.6. The highest BCUT2D eigenvalue weighted by Crippen LogP contribution is 2.28. The minimum absolute atomic E-state index is 0.178. The monoisotopic (exact) mass is 247 g/mol. The molecule has 0 aliphatic rings. The molecular formula is C17H29N. The molecule has 1 atom stereocenters. The number of hydrogen-bond acceptors (Lipinski definition) is 1. The van der Waals surface area contributed by atoms with Gasteiger partial charge in [-0.3, -0.25) is 0 Å². The lowest BCUT2D eigenvalue weighted by Crippen LogP contribution is -2.33. The van der Waals surface area contributed by atoms with Gasteiger partial charge in [0, 0.05) is 5.54 Å². The average molecular weight is 247 g/mol. The van der Waals surface area contributed by atoms with E-state index in [-0.39, 0.29) is 5.54 Å². The Labute approximate surface area is 113 Å². The highest BCUT2D eigenvalue weighted by Gasteiger charge is 2.22. The number of unbranched alkanes of at least 4 members (excludes halogenated alkanes) is 4. The van der Waals surface area contributed by atoms with Crippen LogP contribution in [0.5, 0.6) is 0 Å². The van der Waals surface area contributed by atoms with Crippen LogP contribution in [-0.4, -0.2) is 0 Å². The summed E-state index contributed by atoms with van der Waals surface area (Å²) < 4.78 is 0. The Kier molecular flexibility index (Phi) is 5.87. The third-order valence-electron chi connectivity index (χ3n) is 3.81. The third kappa shape index (κ3) is 4.45. The van der Waals surface area contributed by atoms with Crippen molar-refractivity contribution in [3.05, 3.63) is 34.9 Å². The molecule has 0 aromatic heterocycles. The average Bonchev–Trinajstić information content (AvgIpc) is 2.32. The molecule has 0 heterocycles. The highest BCUT2D eigenvalue weighted by atomic mass is 14.7. The molecule has 0 saturated carbocycles. The largest absolute Gasteiger partial charge is 0.322 e. The van der Waals surface area contributed by atoms with Gasteiger partial charge >= 0.3 is 0 Å². The smallest absolute Gasteiger partial charge is 0.0383 e. The summed E-state index contributed by atoms with van der Waals surface area (Å²) in [7, 11) is 0. The first-order valence-corrected chi connectivity index (χ1v) is 7.34. The molecule has 0 saturated heterocycles. The fraction of sp³-hybridized carbons (Fsp3) is 0.647. The lowest BCUT2D eigenvalue weighted by Gasteiger charge is -2.27. The van der Waals surface area contributed by atoms with Gasteiger partial charge in [-0.1, -0.05) is 62.8 Å². The maximum Gasteiger partial charge on any atom is 0.0383 e. The predicted octanol–water partition coefficient (Wildman–Crippen LogP) is 4.84. The van der Waals surface area contributed by atoms with Crippen molar-refractivity contribution in [2.45, 2.75) is 71.8 Å². The number of aryl methyl sites for hydroxylation is 2.